The molecule has 1 aliphatic heterocycles. The van der Waals surface area contributed by atoms with Gasteiger partial charge in [0.05, 0.1) is 18.3 Å². The van der Waals surface area contributed by atoms with Crippen LogP contribution in [0.4, 0.5) is 5.69 Å². The molecule has 26 heavy (non-hydrogen) atoms. The highest BCUT2D eigenvalue weighted by Crippen LogP contribution is 2.17. The van der Waals surface area contributed by atoms with Crippen molar-refractivity contribution in [2.24, 2.45) is 0 Å². The fourth-order valence-electron chi connectivity index (χ4n) is 3.06. The highest BCUT2D eigenvalue weighted by Gasteiger charge is 2.11. The van der Waals surface area contributed by atoms with Gasteiger partial charge in [-0.2, -0.15) is 5.10 Å². The van der Waals surface area contributed by atoms with Crippen LogP contribution in [-0.2, 0) is 6.54 Å². The second-order valence-electron chi connectivity index (χ2n) is 6.42. The summed E-state index contributed by atoms with van der Waals surface area (Å²) in [5.41, 5.74) is 8.63. The third-order valence-electron chi connectivity index (χ3n) is 4.33. The predicted molar refractivity (Wildman–Crippen MR) is 104 cm³/mol. The average Bonchev–Trinajstić information content (AvgIpc) is 3.32. The minimum Gasteiger partial charge on any atom is -0.491 e. The Hall–Kier alpha value is -2.57. The number of hydrogen-bond donors (Lipinski definition) is 3. The van der Waals surface area contributed by atoms with Crippen molar-refractivity contribution >= 4 is 16.6 Å². The first-order valence-corrected chi connectivity index (χ1v) is 8.98. The molecule has 1 saturated heterocycles. The van der Waals surface area contributed by atoms with Crippen LogP contribution in [0.3, 0.4) is 0 Å². The number of likely N-dealkylation sites (tertiary alicyclic amines) is 1. The summed E-state index contributed by atoms with van der Waals surface area (Å²) in [5.74, 6) is 0.853. The number of aromatic amines is 1. The van der Waals surface area contributed by atoms with Crippen LogP contribution in [0.25, 0.3) is 10.9 Å². The van der Waals surface area contributed by atoms with E-state index in [1.54, 1.807) is 6.20 Å². The normalized spacial score (nSPS) is 14.2. The number of rotatable bonds is 5. The molecule has 6 nitrogen and oxygen atoms in total. The Morgan fingerprint density at radius 3 is 2.81 bits per heavy atom. The van der Waals surface area contributed by atoms with Crippen molar-refractivity contribution in [2.75, 3.05) is 32.0 Å². The van der Waals surface area contributed by atoms with Crippen LogP contribution < -0.4 is 10.5 Å². The van der Waals surface area contributed by atoms with Crippen LogP contribution in [0.5, 0.6) is 5.75 Å². The Labute approximate surface area is 153 Å². The monoisotopic (exact) mass is 354 g/mol. The first kappa shape index (κ1) is 18.2. The van der Waals surface area contributed by atoms with Gasteiger partial charge in [-0.05, 0) is 61.8 Å². The summed E-state index contributed by atoms with van der Waals surface area (Å²) in [6.45, 7) is 3.86. The first-order valence-electron chi connectivity index (χ1n) is 8.98. The topological polar surface area (TPSA) is 87.4 Å². The summed E-state index contributed by atoms with van der Waals surface area (Å²) >= 11 is 0. The number of aliphatic hydroxyl groups excluding tert-OH is 1. The number of ether oxygens (including phenoxy) is 1. The van der Waals surface area contributed by atoms with Gasteiger partial charge in [-0.15, -0.1) is 0 Å². The molecule has 0 spiro atoms. The third kappa shape index (κ3) is 5.21. The lowest BCUT2D eigenvalue weighted by atomic mass is 10.2. The van der Waals surface area contributed by atoms with Gasteiger partial charge in [-0.3, -0.25) is 10.00 Å². The Balaban J connectivity index is 0.000000167. The molecule has 4 rings (SSSR count). The van der Waals surface area contributed by atoms with Crippen LogP contribution in [-0.4, -0.2) is 46.5 Å². The molecular weight excluding hydrogens is 328 g/mol. The quantitative estimate of drug-likeness (QED) is 0.613. The molecule has 0 unspecified atom stereocenters. The Bertz CT molecular complexity index is 812. The van der Waals surface area contributed by atoms with E-state index in [1.165, 1.54) is 31.5 Å². The molecule has 0 aliphatic carbocycles. The van der Waals surface area contributed by atoms with E-state index in [4.69, 9.17) is 15.6 Å². The summed E-state index contributed by atoms with van der Waals surface area (Å²) in [6.07, 6.45) is 4.40. The van der Waals surface area contributed by atoms with Crippen molar-refractivity contribution in [3.05, 3.63) is 54.2 Å². The van der Waals surface area contributed by atoms with E-state index in [2.05, 4.69) is 27.2 Å². The van der Waals surface area contributed by atoms with Crippen molar-refractivity contribution in [3.8, 4) is 5.75 Å². The summed E-state index contributed by atoms with van der Waals surface area (Å²) < 4.78 is 5.39. The fraction of sp³-hybridized carbons (Fsp3) is 0.350. The highest BCUT2D eigenvalue weighted by atomic mass is 16.5. The van der Waals surface area contributed by atoms with Crippen LogP contribution in [0.2, 0.25) is 0 Å². The van der Waals surface area contributed by atoms with Crippen molar-refractivity contribution in [2.45, 2.75) is 19.4 Å². The van der Waals surface area contributed by atoms with Crippen molar-refractivity contribution in [1.29, 1.82) is 0 Å². The number of nitrogens with zero attached hydrogens (tertiary/aromatic N) is 2. The van der Waals surface area contributed by atoms with Crippen LogP contribution in [0, 0.1) is 0 Å². The molecule has 0 amide bonds. The summed E-state index contributed by atoms with van der Waals surface area (Å²) in [6, 6.07) is 13.8. The molecule has 4 N–H and O–H groups in total. The lowest BCUT2D eigenvalue weighted by molar-refractivity contribution is 0.201. The highest BCUT2D eigenvalue weighted by molar-refractivity contribution is 5.81. The molecule has 0 atom stereocenters. The van der Waals surface area contributed by atoms with Gasteiger partial charge < -0.3 is 15.6 Å². The molecular formula is C20H26N4O2. The molecule has 2 heterocycles. The maximum Gasteiger partial charge on any atom is 0.119 e. The molecule has 6 heteroatoms. The van der Waals surface area contributed by atoms with Crippen molar-refractivity contribution < 1.29 is 9.84 Å². The third-order valence-corrected chi connectivity index (χ3v) is 4.33. The van der Waals surface area contributed by atoms with Gasteiger partial charge >= 0.3 is 0 Å². The van der Waals surface area contributed by atoms with E-state index in [-0.39, 0.29) is 6.61 Å². The minimum absolute atomic E-state index is 0.0658. The Morgan fingerprint density at radius 2 is 2.00 bits per heavy atom. The number of nitrogens with two attached hydrogens (primary N) is 1. The van der Waals surface area contributed by atoms with Gasteiger partial charge in [-0.25, -0.2) is 0 Å². The summed E-state index contributed by atoms with van der Waals surface area (Å²) in [5, 5.41) is 16.5. The lowest BCUT2D eigenvalue weighted by Crippen LogP contribution is -2.18. The van der Waals surface area contributed by atoms with E-state index >= 15 is 0 Å². The zero-order valence-corrected chi connectivity index (χ0v) is 14.9. The second kappa shape index (κ2) is 9.22. The summed E-state index contributed by atoms with van der Waals surface area (Å²) in [7, 11) is 0. The van der Waals surface area contributed by atoms with Gasteiger partial charge in [0.25, 0.3) is 0 Å². The predicted octanol–water partition coefficient (Wildman–Crippen LogP) is 2.80. The number of fused-ring (bicyclic) bond motifs is 1. The first-order chi connectivity index (χ1) is 12.7. The molecule has 2 aromatic carbocycles. The summed E-state index contributed by atoms with van der Waals surface area (Å²) in [4.78, 5) is 2.46. The van der Waals surface area contributed by atoms with Gasteiger partial charge in [0.2, 0.25) is 0 Å². The number of nitrogen functional groups attached to an aromatic ring is 1. The Morgan fingerprint density at radius 1 is 1.15 bits per heavy atom. The second-order valence-corrected chi connectivity index (χ2v) is 6.42. The van der Waals surface area contributed by atoms with Crippen molar-refractivity contribution in [1.82, 2.24) is 15.1 Å². The van der Waals surface area contributed by atoms with Crippen LogP contribution in [0.15, 0.2) is 48.7 Å². The standard InChI is InChI=1S/C13H19NO2.C7H7N3/c15-8-9-16-13-5-3-4-12(10-13)11-14-6-1-2-7-14;8-6-1-2-7-5(3-6)4-9-10-7/h3-5,10,15H,1-2,6-9,11H2;1-4H,8H2,(H,9,10). The minimum atomic E-state index is 0.0658. The van der Waals surface area contributed by atoms with E-state index in [1.807, 2.05) is 30.3 Å². The number of aromatic nitrogens is 2. The van der Waals surface area contributed by atoms with Crippen molar-refractivity contribution in [3.63, 3.8) is 0 Å². The molecule has 1 aliphatic rings. The largest absolute Gasteiger partial charge is 0.491 e. The number of H-pyrrole nitrogens is 1. The van der Waals surface area contributed by atoms with Crippen LogP contribution in [0.1, 0.15) is 18.4 Å². The molecule has 138 valence electrons. The maximum absolute atomic E-state index is 8.69. The molecule has 0 radical (unpaired) electrons. The van der Waals surface area contributed by atoms with Gasteiger partial charge in [0.1, 0.15) is 12.4 Å². The Kier molecular flexibility index (Phi) is 6.46. The van der Waals surface area contributed by atoms with Crippen LogP contribution >= 0.6 is 0 Å². The van der Waals surface area contributed by atoms with E-state index in [9.17, 15) is 0 Å². The maximum atomic E-state index is 8.69. The zero-order chi connectivity index (χ0) is 18.2. The fourth-order valence-corrected chi connectivity index (χ4v) is 3.06. The number of anilines is 1. The van der Waals surface area contributed by atoms with Gasteiger partial charge in [-0.1, -0.05) is 12.1 Å². The zero-order valence-electron chi connectivity index (χ0n) is 14.9. The molecule has 3 aromatic rings. The van der Waals surface area contributed by atoms with E-state index < -0.39 is 0 Å². The van der Waals surface area contributed by atoms with Gasteiger partial charge in [0, 0.05) is 17.6 Å². The molecule has 1 fully saturated rings. The number of aliphatic hydroxyl groups is 1. The number of hydrogen-bond acceptors (Lipinski definition) is 5. The smallest absolute Gasteiger partial charge is 0.119 e. The molecule has 1 aromatic heterocycles. The average molecular weight is 354 g/mol. The number of benzene rings is 2. The van der Waals surface area contributed by atoms with E-state index in [0.29, 0.717) is 6.61 Å². The number of nitrogens with one attached hydrogen (secondary N) is 1. The SMILES string of the molecule is Nc1ccc2[nH]ncc2c1.OCCOc1cccc(CN2CCCC2)c1. The molecule has 0 saturated carbocycles. The van der Waals surface area contributed by atoms with E-state index in [0.717, 1.165) is 28.9 Å². The molecule has 0 bridgehead atoms. The van der Waals surface area contributed by atoms with Gasteiger partial charge in [0.15, 0.2) is 0 Å². The lowest BCUT2D eigenvalue weighted by Gasteiger charge is -2.15.